The summed E-state index contributed by atoms with van der Waals surface area (Å²) >= 11 is 0. The van der Waals surface area contributed by atoms with Gasteiger partial charge in [0, 0.05) is 23.7 Å². The van der Waals surface area contributed by atoms with E-state index in [4.69, 9.17) is 8.83 Å². The Kier molecular flexibility index (Phi) is 6.78. The van der Waals surface area contributed by atoms with Crippen molar-refractivity contribution in [3.8, 4) is 0 Å². The third-order valence-corrected chi connectivity index (χ3v) is 3.05. The topological polar surface area (TPSA) is 65.0 Å². The van der Waals surface area contributed by atoms with E-state index in [9.17, 15) is 0 Å². The van der Waals surface area contributed by atoms with Gasteiger partial charge in [0.25, 0.3) is 0 Å². The second-order valence-electron chi connectivity index (χ2n) is 6.70. The molecule has 0 N–H and O–H groups in total. The molecule has 2 aromatic heterocycles. The molecule has 0 saturated heterocycles. The standard InChI is InChI=1S/C9H15NO.C8H14N2O/c1-6(2)8-5-10-9(11-8)7(3)4;1-5(2)7-9-10-8(11-7)6(3)4/h5-7H,1-4H3;5-6H,1-4H3. The van der Waals surface area contributed by atoms with Crippen LogP contribution in [0.4, 0.5) is 0 Å². The van der Waals surface area contributed by atoms with Gasteiger partial charge < -0.3 is 8.83 Å². The quantitative estimate of drug-likeness (QED) is 0.773. The molecule has 0 amide bonds. The SMILES string of the molecule is CC(C)c1cnc(C(C)C)o1.CC(C)c1nnc(C(C)C)o1. The number of oxazole rings is 1. The molecule has 0 aliphatic heterocycles. The highest BCUT2D eigenvalue weighted by molar-refractivity contribution is 5.00. The normalized spacial score (nSPS) is 11.5. The molecule has 2 rings (SSSR count). The summed E-state index contributed by atoms with van der Waals surface area (Å²) in [7, 11) is 0. The van der Waals surface area contributed by atoms with E-state index in [0.29, 0.717) is 23.7 Å². The van der Waals surface area contributed by atoms with Gasteiger partial charge >= 0.3 is 0 Å². The van der Waals surface area contributed by atoms with Crippen LogP contribution >= 0.6 is 0 Å². The first-order chi connectivity index (χ1) is 10.2. The monoisotopic (exact) mass is 307 g/mol. The van der Waals surface area contributed by atoms with Crippen LogP contribution in [-0.2, 0) is 0 Å². The van der Waals surface area contributed by atoms with E-state index in [1.165, 1.54) is 0 Å². The molecule has 0 aromatic carbocycles. The van der Waals surface area contributed by atoms with E-state index < -0.39 is 0 Å². The Labute approximate surface area is 133 Å². The Bertz CT molecular complexity index is 459. The molecule has 124 valence electrons. The number of aromatic nitrogens is 3. The largest absolute Gasteiger partial charge is 0.445 e. The zero-order chi connectivity index (χ0) is 16.9. The van der Waals surface area contributed by atoms with Crippen LogP contribution < -0.4 is 0 Å². The van der Waals surface area contributed by atoms with Crippen LogP contribution in [0.25, 0.3) is 0 Å². The van der Waals surface area contributed by atoms with Gasteiger partial charge in [-0.25, -0.2) is 4.98 Å². The van der Waals surface area contributed by atoms with Crippen molar-refractivity contribution in [2.45, 2.75) is 79.1 Å². The van der Waals surface area contributed by atoms with Crippen molar-refractivity contribution in [3.05, 3.63) is 29.6 Å². The fourth-order valence-electron chi connectivity index (χ4n) is 1.55. The van der Waals surface area contributed by atoms with Gasteiger partial charge in [-0.05, 0) is 0 Å². The molecule has 0 fully saturated rings. The molecule has 2 aromatic rings. The van der Waals surface area contributed by atoms with Gasteiger partial charge in [-0.1, -0.05) is 55.4 Å². The minimum Gasteiger partial charge on any atom is -0.445 e. The first-order valence-corrected chi connectivity index (χ1v) is 8.01. The molecule has 5 heteroatoms. The lowest BCUT2D eigenvalue weighted by atomic mass is 10.2. The van der Waals surface area contributed by atoms with Crippen LogP contribution in [0.2, 0.25) is 0 Å². The Morgan fingerprint density at radius 1 is 0.636 bits per heavy atom. The lowest BCUT2D eigenvalue weighted by molar-refractivity contribution is 0.417. The number of hydrogen-bond acceptors (Lipinski definition) is 5. The summed E-state index contributed by atoms with van der Waals surface area (Å²) in [5.41, 5.74) is 0. The number of nitrogens with zero attached hydrogens (tertiary/aromatic N) is 3. The average molecular weight is 307 g/mol. The van der Waals surface area contributed by atoms with Gasteiger partial charge in [0.15, 0.2) is 5.89 Å². The molecular weight excluding hydrogens is 278 g/mol. The van der Waals surface area contributed by atoms with Crippen molar-refractivity contribution >= 4 is 0 Å². The first-order valence-electron chi connectivity index (χ1n) is 8.01. The third kappa shape index (κ3) is 5.28. The Morgan fingerprint density at radius 2 is 1.09 bits per heavy atom. The maximum atomic E-state index is 5.50. The smallest absolute Gasteiger partial charge is 0.219 e. The third-order valence-electron chi connectivity index (χ3n) is 3.05. The number of rotatable bonds is 4. The Morgan fingerprint density at radius 3 is 1.32 bits per heavy atom. The van der Waals surface area contributed by atoms with Crippen molar-refractivity contribution < 1.29 is 8.83 Å². The molecule has 22 heavy (non-hydrogen) atoms. The van der Waals surface area contributed by atoms with E-state index in [-0.39, 0.29) is 0 Å². The summed E-state index contributed by atoms with van der Waals surface area (Å²) in [6.07, 6.45) is 1.82. The highest BCUT2D eigenvalue weighted by Gasteiger charge is 2.11. The molecule has 0 saturated carbocycles. The molecule has 0 aliphatic rings. The molecule has 0 unspecified atom stereocenters. The zero-order valence-electron chi connectivity index (χ0n) is 15.0. The average Bonchev–Trinajstić information content (AvgIpc) is 3.09. The fourth-order valence-corrected chi connectivity index (χ4v) is 1.55. The van der Waals surface area contributed by atoms with Gasteiger partial charge in [0.05, 0.1) is 6.20 Å². The van der Waals surface area contributed by atoms with E-state index in [0.717, 1.165) is 23.4 Å². The minimum atomic E-state index is 0.329. The van der Waals surface area contributed by atoms with Gasteiger partial charge in [-0.3, -0.25) is 0 Å². The van der Waals surface area contributed by atoms with E-state index in [2.05, 4.69) is 42.9 Å². The summed E-state index contributed by atoms with van der Waals surface area (Å²) in [6.45, 7) is 16.5. The predicted molar refractivity (Wildman–Crippen MR) is 87.2 cm³/mol. The molecular formula is C17H29N3O2. The van der Waals surface area contributed by atoms with Gasteiger partial charge in [0.1, 0.15) is 5.76 Å². The second-order valence-corrected chi connectivity index (χ2v) is 6.70. The summed E-state index contributed by atoms with van der Waals surface area (Å²) in [6, 6.07) is 0. The van der Waals surface area contributed by atoms with Crippen molar-refractivity contribution in [1.29, 1.82) is 0 Å². The fraction of sp³-hybridized carbons (Fsp3) is 0.706. The first kappa shape index (κ1) is 18.4. The van der Waals surface area contributed by atoms with Crippen LogP contribution in [0.3, 0.4) is 0 Å². The second kappa shape index (κ2) is 8.11. The summed E-state index contributed by atoms with van der Waals surface area (Å²) in [5, 5.41) is 7.84. The predicted octanol–water partition coefficient (Wildman–Crippen LogP) is 5.24. The molecule has 0 bridgehead atoms. The van der Waals surface area contributed by atoms with Crippen molar-refractivity contribution in [3.63, 3.8) is 0 Å². The molecule has 0 spiro atoms. The van der Waals surface area contributed by atoms with E-state index in [1.807, 2.05) is 33.9 Å². The van der Waals surface area contributed by atoms with Gasteiger partial charge in [0.2, 0.25) is 11.8 Å². The number of hydrogen-bond donors (Lipinski definition) is 0. The molecule has 0 atom stereocenters. The lowest BCUT2D eigenvalue weighted by Gasteiger charge is -1.98. The molecule has 2 heterocycles. The molecule has 5 nitrogen and oxygen atoms in total. The lowest BCUT2D eigenvalue weighted by Crippen LogP contribution is -1.85. The van der Waals surface area contributed by atoms with E-state index in [1.54, 1.807) is 0 Å². The van der Waals surface area contributed by atoms with Crippen LogP contribution in [-0.4, -0.2) is 15.2 Å². The van der Waals surface area contributed by atoms with Gasteiger partial charge in [-0.15, -0.1) is 10.2 Å². The zero-order valence-corrected chi connectivity index (χ0v) is 15.0. The molecule has 0 aliphatic carbocycles. The summed E-state index contributed by atoms with van der Waals surface area (Å²) < 4.78 is 10.9. The highest BCUT2D eigenvalue weighted by Crippen LogP contribution is 2.19. The summed E-state index contributed by atoms with van der Waals surface area (Å²) in [5.74, 6) is 4.77. The van der Waals surface area contributed by atoms with Gasteiger partial charge in [-0.2, -0.15) is 0 Å². The van der Waals surface area contributed by atoms with Crippen molar-refractivity contribution in [2.75, 3.05) is 0 Å². The summed E-state index contributed by atoms with van der Waals surface area (Å²) in [4.78, 5) is 4.17. The van der Waals surface area contributed by atoms with Crippen molar-refractivity contribution in [1.82, 2.24) is 15.2 Å². The van der Waals surface area contributed by atoms with Crippen LogP contribution in [0.15, 0.2) is 15.0 Å². The highest BCUT2D eigenvalue weighted by atomic mass is 16.4. The van der Waals surface area contributed by atoms with Crippen LogP contribution in [0, 0.1) is 0 Å². The Hall–Kier alpha value is -1.65. The Balaban J connectivity index is 0.000000220. The van der Waals surface area contributed by atoms with Crippen LogP contribution in [0.5, 0.6) is 0 Å². The van der Waals surface area contributed by atoms with E-state index >= 15 is 0 Å². The minimum absolute atomic E-state index is 0.329. The maximum absolute atomic E-state index is 5.50. The van der Waals surface area contributed by atoms with Crippen LogP contribution in [0.1, 0.15) is 102 Å². The molecule has 0 radical (unpaired) electrons. The van der Waals surface area contributed by atoms with Crippen molar-refractivity contribution in [2.24, 2.45) is 0 Å². The maximum Gasteiger partial charge on any atom is 0.219 e.